The van der Waals surface area contributed by atoms with Gasteiger partial charge >= 0.3 is 0 Å². The summed E-state index contributed by atoms with van der Waals surface area (Å²) in [6.07, 6.45) is 0. The van der Waals surface area contributed by atoms with Crippen LogP contribution in [-0.4, -0.2) is 13.2 Å². The van der Waals surface area contributed by atoms with Crippen LogP contribution in [-0.2, 0) is 0 Å². The summed E-state index contributed by atoms with van der Waals surface area (Å²) in [6, 6.07) is 12.9. The number of benzene rings is 2. The first-order valence-corrected chi connectivity index (χ1v) is 7.29. The van der Waals surface area contributed by atoms with Crippen LogP contribution in [0.5, 0.6) is 5.75 Å². The molecule has 112 valence electrons. The smallest absolute Gasteiger partial charge is 0.146 e. The van der Waals surface area contributed by atoms with Gasteiger partial charge in [0.25, 0.3) is 0 Å². The van der Waals surface area contributed by atoms with Crippen LogP contribution in [0.15, 0.2) is 42.5 Å². The molecular formula is C18H22FNO. The van der Waals surface area contributed by atoms with Crippen molar-refractivity contribution >= 4 is 5.69 Å². The summed E-state index contributed by atoms with van der Waals surface area (Å²) in [5.41, 5.74) is 2.89. The fourth-order valence-corrected chi connectivity index (χ4v) is 2.08. The molecule has 2 rings (SSSR count). The molecule has 21 heavy (non-hydrogen) atoms. The van der Waals surface area contributed by atoms with E-state index in [1.165, 1.54) is 11.6 Å². The van der Waals surface area contributed by atoms with Gasteiger partial charge in [0.15, 0.2) is 0 Å². The minimum atomic E-state index is -0.240. The molecule has 0 radical (unpaired) electrons. The minimum absolute atomic E-state index is 0.240. The highest BCUT2D eigenvalue weighted by Gasteiger charge is 2.05. The van der Waals surface area contributed by atoms with E-state index in [-0.39, 0.29) is 5.82 Å². The molecule has 1 N–H and O–H groups in total. The first-order chi connectivity index (χ1) is 10.1. The van der Waals surface area contributed by atoms with Crippen LogP contribution < -0.4 is 10.1 Å². The number of hydrogen-bond acceptors (Lipinski definition) is 2. The summed E-state index contributed by atoms with van der Waals surface area (Å²) in [5, 5.41) is 3.04. The van der Waals surface area contributed by atoms with Gasteiger partial charge in [-0.15, -0.1) is 0 Å². The van der Waals surface area contributed by atoms with Crippen LogP contribution in [0.25, 0.3) is 0 Å². The van der Waals surface area contributed by atoms with Gasteiger partial charge in [-0.25, -0.2) is 4.39 Å². The Labute approximate surface area is 126 Å². The predicted molar refractivity (Wildman–Crippen MR) is 85.7 cm³/mol. The number of aryl methyl sites for hydroxylation is 1. The van der Waals surface area contributed by atoms with Gasteiger partial charge in [-0.2, -0.15) is 0 Å². The lowest BCUT2D eigenvalue weighted by Gasteiger charge is -2.13. The second kappa shape index (κ2) is 7.11. The molecule has 2 aromatic carbocycles. The number of para-hydroxylation sites is 1. The molecule has 0 heterocycles. The Balaban J connectivity index is 1.89. The average molecular weight is 287 g/mol. The summed E-state index contributed by atoms with van der Waals surface area (Å²) < 4.78 is 19.2. The van der Waals surface area contributed by atoms with Gasteiger partial charge < -0.3 is 10.1 Å². The fourth-order valence-electron chi connectivity index (χ4n) is 2.08. The first-order valence-electron chi connectivity index (χ1n) is 7.29. The normalized spacial score (nSPS) is 10.7. The first kappa shape index (κ1) is 15.4. The van der Waals surface area contributed by atoms with Gasteiger partial charge in [0, 0.05) is 6.54 Å². The summed E-state index contributed by atoms with van der Waals surface area (Å²) >= 11 is 0. The molecule has 0 atom stereocenters. The van der Waals surface area contributed by atoms with Crippen LogP contribution in [0.2, 0.25) is 0 Å². The Bertz CT molecular complexity index is 596. The van der Waals surface area contributed by atoms with Crippen molar-refractivity contribution in [2.24, 2.45) is 0 Å². The Hall–Kier alpha value is -2.03. The van der Waals surface area contributed by atoms with Crippen LogP contribution in [0.1, 0.15) is 30.9 Å². The molecule has 2 aromatic rings. The van der Waals surface area contributed by atoms with Crippen LogP contribution in [0.3, 0.4) is 0 Å². The molecular weight excluding hydrogens is 265 g/mol. The third-order valence-electron chi connectivity index (χ3n) is 3.43. The van der Waals surface area contributed by atoms with Gasteiger partial charge in [-0.05, 0) is 42.2 Å². The zero-order valence-corrected chi connectivity index (χ0v) is 12.8. The third kappa shape index (κ3) is 4.22. The largest absolute Gasteiger partial charge is 0.491 e. The van der Waals surface area contributed by atoms with Gasteiger partial charge in [0.05, 0.1) is 5.69 Å². The van der Waals surface area contributed by atoms with E-state index >= 15 is 0 Å². The second-order valence-corrected chi connectivity index (χ2v) is 5.43. The zero-order chi connectivity index (χ0) is 15.2. The maximum absolute atomic E-state index is 13.4. The van der Waals surface area contributed by atoms with E-state index in [4.69, 9.17) is 4.74 Å². The number of rotatable bonds is 6. The lowest BCUT2D eigenvalue weighted by atomic mass is 10.0. The zero-order valence-electron chi connectivity index (χ0n) is 12.8. The topological polar surface area (TPSA) is 21.3 Å². The standard InChI is InChI=1S/C18H22FNO/c1-13(2)15-9-8-14(3)18(12-15)21-11-10-20-17-7-5-4-6-16(17)19/h4-9,12-13,20H,10-11H2,1-3H3. The second-order valence-electron chi connectivity index (χ2n) is 5.43. The highest BCUT2D eigenvalue weighted by atomic mass is 19.1. The van der Waals surface area contributed by atoms with E-state index < -0.39 is 0 Å². The molecule has 0 aliphatic heterocycles. The highest BCUT2D eigenvalue weighted by Crippen LogP contribution is 2.24. The Morgan fingerprint density at radius 3 is 2.62 bits per heavy atom. The van der Waals surface area contributed by atoms with E-state index in [1.807, 2.05) is 13.0 Å². The fraction of sp³-hybridized carbons (Fsp3) is 0.333. The lowest BCUT2D eigenvalue weighted by Crippen LogP contribution is -2.12. The molecule has 0 saturated carbocycles. The maximum atomic E-state index is 13.4. The molecule has 0 bridgehead atoms. The minimum Gasteiger partial charge on any atom is -0.491 e. The molecule has 0 aliphatic carbocycles. The van der Waals surface area contributed by atoms with Crippen LogP contribution >= 0.6 is 0 Å². The quantitative estimate of drug-likeness (QED) is 0.774. The van der Waals surface area contributed by atoms with Crippen molar-refractivity contribution in [2.45, 2.75) is 26.7 Å². The Morgan fingerprint density at radius 2 is 1.90 bits per heavy atom. The monoisotopic (exact) mass is 287 g/mol. The van der Waals surface area contributed by atoms with E-state index in [0.717, 1.165) is 11.3 Å². The molecule has 0 amide bonds. The van der Waals surface area contributed by atoms with Crippen molar-refractivity contribution in [2.75, 3.05) is 18.5 Å². The number of nitrogens with one attached hydrogen (secondary N) is 1. The molecule has 0 fully saturated rings. The van der Waals surface area contributed by atoms with E-state index in [2.05, 4.69) is 37.4 Å². The number of hydrogen-bond donors (Lipinski definition) is 1. The molecule has 0 aliphatic rings. The highest BCUT2D eigenvalue weighted by molar-refractivity contribution is 5.44. The van der Waals surface area contributed by atoms with E-state index in [9.17, 15) is 4.39 Å². The molecule has 0 saturated heterocycles. The molecule has 0 spiro atoms. The van der Waals surface area contributed by atoms with Crippen LogP contribution in [0.4, 0.5) is 10.1 Å². The Morgan fingerprint density at radius 1 is 1.14 bits per heavy atom. The number of halogens is 1. The van der Waals surface area contributed by atoms with Crippen molar-refractivity contribution in [3.8, 4) is 5.75 Å². The molecule has 3 heteroatoms. The average Bonchev–Trinajstić information content (AvgIpc) is 2.46. The number of ether oxygens (including phenoxy) is 1. The lowest BCUT2D eigenvalue weighted by molar-refractivity contribution is 0.330. The van der Waals surface area contributed by atoms with Crippen molar-refractivity contribution in [1.29, 1.82) is 0 Å². The summed E-state index contributed by atoms with van der Waals surface area (Å²) in [6.45, 7) is 7.41. The predicted octanol–water partition coefficient (Wildman–Crippen LogP) is 4.75. The van der Waals surface area contributed by atoms with Gasteiger partial charge in [0.2, 0.25) is 0 Å². The molecule has 0 aromatic heterocycles. The van der Waals surface area contributed by atoms with Gasteiger partial charge in [0.1, 0.15) is 18.2 Å². The number of anilines is 1. The maximum Gasteiger partial charge on any atom is 0.146 e. The van der Waals surface area contributed by atoms with Crippen molar-refractivity contribution in [3.63, 3.8) is 0 Å². The third-order valence-corrected chi connectivity index (χ3v) is 3.43. The molecule has 2 nitrogen and oxygen atoms in total. The Kier molecular flexibility index (Phi) is 5.20. The summed E-state index contributed by atoms with van der Waals surface area (Å²) in [5.74, 6) is 1.14. The van der Waals surface area contributed by atoms with Gasteiger partial charge in [-0.1, -0.05) is 38.1 Å². The van der Waals surface area contributed by atoms with E-state index in [0.29, 0.717) is 24.8 Å². The van der Waals surface area contributed by atoms with Gasteiger partial charge in [-0.3, -0.25) is 0 Å². The van der Waals surface area contributed by atoms with E-state index in [1.54, 1.807) is 12.1 Å². The van der Waals surface area contributed by atoms with Crippen LogP contribution in [0, 0.1) is 12.7 Å². The van der Waals surface area contributed by atoms with Crippen molar-refractivity contribution < 1.29 is 9.13 Å². The summed E-state index contributed by atoms with van der Waals surface area (Å²) in [7, 11) is 0. The van der Waals surface area contributed by atoms with Crippen molar-refractivity contribution in [3.05, 3.63) is 59.4 Å². The summed E-state index contributed by atoms with van der Waals surface area (Å²) in [4.78, 5) is 0. The van der Waals surface area contributed by atoms with Crippen molar-refractivity contribution in [1.82, 2.24) is 0 Å². The SMILES string of the molecule is Cc1ccc(C(C)C)cc1OCCNc1ccccc1F. The molecule has 0 unspecified atom stereocenters.